The molecular weight excluding hydrogens is 374 g/mol. The fourth-order valence-electron chi connectivity index (χ4n) is 3.03. The van der Waals surface area contributed by atoms with E-state index in [1.807, 2.05) is 0 Å². The maximum absolute atomic E-state index is 12.1. The number of rotatable bonds is 6. The van der Waals surface area contributed by atoms with E-state index >= 15 is 0 Å². The molecule has 9 heteroatoms. The van der Waals surface area contributed by atoms with Gasteiger partial charge in [0.25, 0.3) is 12.4 Å². The maximum atomic E-state index is 12.1. The lowest BCUT2D eigenvalue weighted by Gasteiger charge is -2.47. The van der Waals surface area contributed by atoms with Crippen LogP contribution in [-0.2, 0) is 19.1 Å². The third-order valence-electron chi connectivity index (χ3n) is 4.37. The van der Waals surface area contributed by atoms with Crippen LogP contribution in [0.25, 0.3) is 11.0 Å². The molecule has 27 heavy (non-hydrogen) atoms. The number of ether oxygens (including phenoxy) is 2. The fraction of sp³-hybridized carbons (Fsp3) is 0.222. The molecular formula is C18H13NO7S. The third-order valence-corrected chi connectivity index (χ3v) is 5.68. The minimum absolute atomic E-state index is 0.0966. The van der Waals surface area contributed by atoms with Gasteiger partial charge in [-0.05, 0) is 18.2 Å². The van der Waals surface area contributed by atoms with Gasteiger partial charge in [0.05, 0.1) is 5.70 Å². The Morgan fingerprint density at radius 2 is 2.04 bits per heavy atom. The summed E-state index contributed by atoms with van der Waals surface area (Å²) in [6.07, 6.45) is -0.242. The largest absolute Gasteiger partial charge is 0.489 e. The molecule has 8 nitrogen and oxygen atoms in total. The average molecular weight is 387 g/mol. The molecule has 138 valence electrons. The van der Waals surface area contributed by atoms with Gasteiger partial charge in [0.1, 0.15) is 23.3 Å². The number of carbonyl (C=O) groups is 3. The Bertz CT molecular complexity index is 1030. The first-order valence-corrected chi connectivity index (χ1v) is 9.05. The van der Waals surface area contributed by atoms with Gasteiger partial charge in [-0.15, -0.1) is 11.8 Å². The predicted octanol–water partition coefficient (Wildman–Crippen LogP) is 1.08. The van der Waals surface area contributed by atoms with Gasteiger partial charge in [-0.1, -0.05) is 0 Å². The van der Waals surface area contributed by atoms with Crippen LogP contribution in [0, 0.1) is 0 Å². The lowest BCUT2D eigenvalue weighted by Crippen LogP contribution is -2.65. The molecule has 1 aromatic carbocycles. The highest BCUT2D eigenvalue weighted by Crippen LogP contribution is 2.40. The van der Waals surface area contributed by atoms with E-state index in [0.29, 0.717) is 28.9 Å². The van der Waals surface area contributed by atoms with Gasteiger partial charge in [-0.3, -0.25) is 19.3 Å². The monoisotopic (exact) mass is 387 g/mol. The van der Waals surface area contributed by atoms with Gasteiger partial charge >= 0.3 is 5.63 Å². The van der Waals surface area contributed by atoms with Gasteiger partial charge in [-0.2, -0.15) is 0 Å². The molecule has 2 aliphatic heterocycles. The van der Waals surface area contributed by atoms with Crippen molar-refractivity contribution in [3.05, 3.63) is 52.0 Å². The van der Waals surface area contributed by atoms with Crippen molar-refractivity contribution in [3.8, 4) is 5.75 Å². The van der Waals surface area contributed by atoms with Crippen LogP contribution in [0.3, 0.4) is 0 Å². The van der Waals surface area contributed by atoms with Crippen molar-refractivity contribution in [2.45, 2.75) is 11.5 Å². The number of benzene rings is 1. The summed E-state index contributed by atoms with van der Waals surface area (Å²) in [5.74, 6) is 0.509. The van der Waals surface area contributed by atoms with Gasteiger partial charge in [0.2, 0.25) is 6.10 Å². The summed E-state index contributed by atoms with van der Waals surface area (Å²) < 4.78 is 15.6. The Kier molecular flexibility index (Phi) is 4.44. The van der Waals surface area contributed by atoms with E-state index in [1.54, 1.807) is 24.3 Å². The molecule has 1 saturated heterocycles. The van der Waals surface area contributed by atoms with Crippen LogP contribution in [0.15, 0.2) is 50.8 Å². The summed E-state index contributed by atoms with van der Waals surface area (Å²) in [6, 6.07) is 8.08. The average Bonchev–Trinajstić information content (AvgIpc) is 2.69. The smallest absolute Gasteiger partial charge is 0.336 e. The molecule has 1 aromatic heterocycles. The van der Waals surface area contributed by atoms with E-state index in [9.17, 15) is 19.2 Å². The highest BCUT2D eigenvalue weighted by molar-refractivity contribution is 8.00. The van der Waals surface area contributed by atoms with Gasteiger partial charge in [-0.25, -0.2) is 4.79 Å². The fourth-order valence-corrected chi connectivity index (χ4v) is 4.35. The highest BCUT2D eigenvalue weighted by Gasteiger charge is 2.53. The number of hydrogen-bond acceptors (Lipinski definition) is 8. The molecule has 0 unspecified atom stereocenters. The second-order valence-corrected chi connectivity index (χ2v) is 7.02. The third kappa shape index (κ3) is 2.99. The topological polar surface area (TPSA) is 103 Å². The normalized spacial score (nSPS) is 21.5. The molecule has 0 aliphatic carbocycles. The number of carbonyl (C=O) groups excluding carboxylic acids is 3. The second kappa shape index (κ2) is 6.92. The molecule has 0 bridgehead atoms. The molecule has 4 rings (SSSR count). The summed E-state index contributed by atoms with van der Waals surface area (Å²) in [5.41, 5.74) is 0.832. The zero-order valence-corrected chi connectivity index (χ0v) is 14.6. The molecule has 0 spiro atoms. The predicted molar refractivity (Wildman–Crippen MR) is 95.1 cm³/mol. The molecule has 2 aromatic rings. The van der Waals surface area contributed by atoms with Crippen molar-refractivity contribution in [2.75, 3.05) is 12.4 Å². The van der Waals surface area contributed by atoms with Crippen LogP contribution < -0.4 is 10.4 Å². The summed E-state index contributed by atoms with van der Waals surface area (Å²) >= 11 is 1.40. The summed E-state index contributed by atoms with van der Waals surface area (Å²) in [5, 5.41) is 0.375. The van der Waals surface area contributed by atoms with Crippen molar-refractivity contribution in [2.24, 2.45) is 0 Å². The van der Waals surface area contributed by atoms with Gasteiger partial charge in [0, 0.05) is 28.8 Å². The molecule has 2 atom stereocenters. The number of thioether (sulfide) groups is 1. The highest BCUT2D eigenvalue weighted by atomic mass is 32.2. The summed E-state index contributed by atoms with van der Waals surface area (Å²) in [7, 11) is 0. The molecule has 1 fully saturated rings. The molecule has 3 heterocycles. The summed E-state index contributed by atoms with van der Waals surface area (Å²) in [6.45, 7) is 0.334. The summed E-state index contributed by atoms with van der Waals surface area (Å²) in [4.78, 5) is 46.8. The maximum Gasteiger partial charge on any atom is 0.336 e. The van der Waals surface area contributed by atoms with Crippen LogP contribution in [0.2, 0.25) is 0 Å². The number of allylic oxidation sites excluding steroid dienone is 1. The first kappa shape index (κ1) is 17.3. The number of β-lactam (4-membered cyclic amide) rings is 1. The lowest BCUT2D eigenvalue weighted by molar-refractivity contribution is -0.166. The van der Waals surface area contributed by atoms with Crippen LogP contribution in [0.4, 0.5) is 0 Å². The first-order chi connectivity index (χ1) is 13.1. The Labute approximate surface area is 156 Å². The van der Waals surface area contributed by atoms with E-state index in [0.717, 1.165) is 5.39 Å². The van der Waals surface area contributed by atoms with Crippen molar-refractivity contribution in [3.63, 3.8) is 0 Å². The lowest BCUT2D eigenvalue weighted by atomic mass is 10.1. The van der Waals surface area contributed by atoms with Crippen molar-refractivity contribution >= 4 is 41.4 Å². The van der Waals surface area contributed by atoms with Crippen LogP contribution >= 0.6 is 11.8 Å². The molecule has 1 amide bonds. The molecule has 0 N–H and O–H groups in total. The zero-order valence-electron chi connectivity index (χ0n) is 13.8. The number of hydrogen-bond donors (Lipinski definition) is 0. The molecule has 0 radical (unpaired) electrons. The van der Waals surface area contributed by atoms with Crippen molar-refractivity contribution in [1.29, 1.82) is 0 Å². The number of nitrogens with zero attached hydrogens (tertiary/aromatic N) is 1. The SMILES string of the molecule is O=CO[C@H]1C(=O)N2C(C=O)=C(COc3ccc4ccc(=O)oc4c3)CS[C@H]12. The van der Waals surface area contributed by atoms with E-state index in [2.05, 4.69) is 0 Å². The Morgan fingerprint density at radius 3 is 2.81 bits per heavy atom. The van der Waals surface area contributed by atoms with Crippen molar-refractivity contribution < 1.29 is 28.3 Å². The number of amides is 1. The molecule has 2 aliphatic rings. The van der Waals surface area contributed by atoms with Crippen LogP contribution in [0.5, 0.6) is 5.75 Å². The first-order valence-electron chi connectivity index (χ1n) is 8.00. The van der Waals surface area contributed by atoms with E-state index < -0.39 is 17.6 Å². The van der Waals surface area contributed by atoms with E-state index in [-0.39, 0.29) is 24.2 Å². The second-order valence-electron chi connectivity index (χ2n) is 5.91. The minimum atomic E-state index is -0.853. The zero-order chi connectivity index (χ0) is 19.0. The number of fused-ring (bicyclic) bond motifs is 2. The van der Waals surface area contributed by atoms with Crippen molar-refractivity contribution in [1.82, 2.24) is 4.90 Å². The van der Waals surface area contributed by atoms with Gasteiger partial charge < -0.3 is 13.9 Å². The molecule has 0 saturated carbocycles. The van der Waals surface area contributed by atoms with Gasteiger partial charge in [0.15, 0.2) is 6.29 Å². The quantitative estimate of drug-likeness (QED) is 0.412. The van der Waals surface area contributed by atoms with Crippen LogP contribution in [-0.4, -0.2) is 47.4 Å². The van der Waals surface area contributed by atoms with E-state index in [4.69, 9.17) is 13.9 Å². The Balaban J connectivity index is 1.53. The van der Waals surface area contributed by atoms with E-state index in [1.165, 1.54) is 22.7 Å². The number of aldehydes is 1. The Morgan fingerprint density at radius 1 is 1.22 bits per heavy atom. The Hall–Kier alpha value is -3.07. The standard InChI is InChI=1S/C18H13NO7S/c20-6-13-11(8-27-18-16(25-9-21)17(23)19(13)18)7-24-12-3-1-10-2-4-15(22)26-14(10)5-12/h1-6,9,16,18H,7-8H2/t16-,18+/m0/s1. The minimum Gasteiger partial charge on any atom is -0.489 e. The van der Waals surface area contributed by atoms with Crippen LogP contribution in [0.1, 0.15) is 0 Å².